The van der Waals surface area contributed by atoms with Crippen molar-refractivity contribution in [2.24, 2.45) is 0 Å². The second-order valence-corrected chi connectivity index (χ2v) is 13.9. The van der Waals surface area contributed by atoms with Gasteiger partial charge >= 0.3 is 0 Å². The molecule has 7 heteroatoms. The van der Waals surface area contributed by atoms with Crippen LogP contribution in [0.3, 0.4) is 0 Å². The van der Waals surface area contributed by atoms with E-state index in [-0.39, 0.29) is 0 Å². The molecule has 1 spiro atoms. The Morgan fingerprint density at radius 2 is 1.24 bits per heavy atom. The fourth-order valence-corrected chi connectivity index (χ4v) is 9.36. The van der Waals surface area contributed by atoms with E-state index in [1.807, 2.05) is 61.2 Å². The summed E-state index contributed by atoms with van der Waals surface area (Å²) in [4.78, 5) is 14.6. The fourth-order valence-electron chi connectivity index (χ4n) is 9.36. The normalized spacial score (nSPS) is 13.5. The number of hydrogen-bond acceptors (Lipinski definition) is 5. The monoisotopic (exact) mass is 690 g/mol. The molecule has 6 heterocycles. The average Bonchev–Trinajstić information content (AvgIpc) is 3.85. The Balaban J connectivity index is 1.20. The summed E-state index contributed by atoms with van der Waals surface area (Å²) in [5, 5.41) is 14.2. The lowest BCUT2D eigenvalue weighted by molar-refractivity contribution is 0.435. The first-order valence-electron chi connectivity index (χ1n) is 17.9. The summed E-state index contributed by atoms with van der Waals surface area (Å²) in [5.74, 6) is 1.52. The van der Waals surface area contributed by atoms with Crippen LogP contribution in [-0.4, -0.2) is 24.1 Å². The molecular weight excluding hydrogens is 665 g/mol. The summed E-state index contributed by atoms with van der Waals surface area (Å²) in [6.07, 6.45) is 7.52. The van der Waals surface area contributed by atoms with Crippen LogP contribution in [0, 0.1) is 11.3 Å². The summed E-state index contributed by atoms with van der Waals surface area (Å²) < 4.78 is 11.7. The van der Waals surface area contributed by atoms with Gasteiger partial charge < -0.3 is 13.9 Å². The maximum atomic E-state index is 9.74. The van der Waals surface area contributed by atoms with E-state index in [0.717, 1.165) is 100 Å². The van der Waals surface area contributed by atoms with Crippen molar-refractivity contribution < 1.29 is 4.74 Å². The highest BCUT2D eigenvalue weighted by atomic mass is 16.5. The number of fused-ring (bicyclic) bond motifs is 15. The minimum Gasteiger partial charge on any atom is -0.457 e. The van der Waals surface area contributed by atoms with Gasteiger partial charge in [0.15, 0.2) is 0 Å². The SMILES string of the molecule is N#Cc1ccc2c(c1)c1ccccc1n2-c1ccc2c(c1)Oc1cccc(-n3c4ccccc4c4ccncc43)c1C21c2cccnc2-c2ncccc21. The first kappa shape index (κ1) is 29.1. The minimum absolute atomic E-state index is 0.633. The molecule has 0 unspecified atom stereocenters. The van der Waals surface area contributed by atoms with Gasteiger partial charge in [0, 0.05) is 63.0 Å². The second-order valence-electron chi connectivity index (χ2n) is 13.9. The molecule has 0 N–H and O–H groups in total. The maximum absolute atomic E-state index is 9.74. The molecule has 250 valence electrons. The molecule has 12 rings (SSSR count). The van der Waals surface area contributed by atoms with E-state index in [1.54, 1.807) is 0 Å². The Morgan fingerprint density at radius 1 is 0.537 bits per heavy atom. The summed E-state index contributed by atoms with van der Waals surface area (Å²) in [6.45, 7) is 0. The third kappa shape index (κ3) is 3.56. The molecule has 7 nitrogen and oxygen atoms in total. The molecule has 0 saturated carbocycles. The van der Waals surface area contributed by atoms with Crippen molar-refractivity contribution in [3.05, 3.63) is 186 Å². The molecular formula is C47H26N6O. The van der Waals surface area contributed by atoms with Crippen LogP contribution in [0.2, 0.25) is 0 Å². The molecule has 0 amide bonds. The highest BCUT2D eigenvalue weighted by molar-refractivity contribution is 6.10. The maximum Gasteiger partial charge on any atom is 0.134 e. The van der Waals surface area contributed by atoms with Crippen molar-refractivity contribution in [1.82, 2.24) is 24.1 Å². The number of pyridine rings is 3. The average molecular weight is 691 g/mol. The molecule has 1 aliphatic carbocycles. The van der Waals surface area contributed by atoms with Gasteiger partial charge in [-0.2, -0.15) is 5.26 Å². The lowest BCUT2D eigenvalue weighted by Gasteiger charge is -2.40. The Bertz CT molecular complexity index is 3190. The standard InChI is InChI=1S/C47H26N6O/c48-26-28-16-19-39-33(24-28)31-9-2-3-12-37(31)52(39)29-17-18-34-43(25-29)54-42-15-5-14-40(53-38-13-4-1-8-30(38)32-20-23-49-27-41(32)53)44(42)47(34)35-10-6-21-50-45(35)46-36(47)11-7-22-51-46/h1-25,27H. The van der Waals surface area contributed by atoms with Crippen molar-refractivity contribution in [3.63, 3.8) is 0 Å². The third-order valence-electron chi connectivity index (χ3n) is 11.4. The predicted molar refractivity (Wildman–Crippen MR) is 211 cm³/mol. The van der Waals surface area contributed by atoms with Crippen molar-refractivity contribution in [1.29, 1.82) is 5.26 Å². The van der Waals surface area contributed by atoms with Gasteiger partial charge in [0.25, 0.3) is 0 Å². The molecule has 0 radical (unpaired) electrons. The van der Waals surface area contributed by atoms with E-state index in [1.165, 1.54) is 0 Å². The van der Waals surface area contributed by atoms with Crippen molar-refractivity contribution >= 4 is 43.6 Å². The van der Waals surface area contributed by atoms with Gasteiger partial charge in [-0.1, -0.05) is 60.7 Å². The van der Waals surface area contributed by atoms with E-state index in [2.05, 4.69) is 117 Å². The van der Waals surface area contributed by atoms with Crippen LogP contribution in [0.25, 0.3) is 66.4 Å². The van der Waals surface area contributed by atoms with Crippen LogP contribution in [0.1, 0.15) is 27.8 Å². The molecule has 5 aromatic heterocycles. The Morgan fingerprint density at radius 3 is 2.02 bits per heavy atom. The number of aromatic nitrogens is 5. The summed E-state index contributed by atoms with van der Waals surface area (Å²) in [5.41, 5.74) is 11.9. The number of ether oxygens (including phenoxy) is 1. The number of nitriles is 1. The van der Waals surface area contributed by atoms with Crippen molar-refractivity contribution in [2.45, 2.75) is 5.41 Å². The van der Waals surface area contributed by atoms with Gasteiger partial charge in [-0.25, -0.2) is 0 Å². The zero-order valence-electron chi connectivity index (χ0n) is 28.6. The molecule has 0 atom stereocenters. The molecule has 0 bridgehead atoms. The van der Waals surface area contributed by atoms with Crippen LogP contribution in [0.15, 0.2) is 158 Å². The first-order valence-corrected chi connectivity index (χ1v) is 17.9. The topological polar surface area (TPSA) is 81.5 Å². The van der Waals surface area contributed by atoms with E-state index < -0.39 is 5.41 Å². The predicted octanol–water partition coefficient (Wildman–Crippen LogP) is 10.4. The molecule has 0 fully saturated rings. The number of para-hydroxylation sites is 2. The molecule has 2 aliphatic rings. The molecule has 54 heavy (non-hydrogen) atoms. The van der Waals surface area contributed by atoms with Crippen LogP contribution in [0.4, 0.5) is 0 Å². The number of hydrogen-bond donors (Lipinski definition) is 0. The fraction of sp³-hybridized carbons (Fsp3) is 0.0213. The lowest BCUT2D eigenvalue weighted by atomic mass is 9.65. The third-order valence-corrected chi connectivity index (χ3v) is 11.4. The first-order chi connectivity index (χ1) is 26.8. The van der Waals surface area contributed by atoms with Gasteiger partial charge in [-0.05, 0) is 77.9 Å². The van der Waals surface area contributed by atoms with E-state index in [0.29, 0.717) is 5.56 Å². The second kappa shape index (κ2) is 10.5. The Labute approximate surface area is 308 Å². The van der Waals surface area contributed by atoms with Crippen LogP contribution >= 0.6 is 0 Å². The van der Waals surface area contributed by atoms with Gasteiger partial charge in [-0.15, -0.1) is 0 Å². The zero-order valence-corrected chi connectivity index (χ0v) is 28.6. The minimum atomic E-state index is -0.812. The summed E-state index contributed by atoms with van der Waals surface area (Å²) >= 11 is 0. The van der Waals surface area contributed by atoms with Crippen LogP contribution < -0.4 is 4.74 Å². The number of rotatable bonds is 2. The quantitative estimate of drug-likeness (QED) is 0.180. The highest BCUT2D eigenvalue weighted by Gasteiger charge is 2.54. The van der Waals surface area contributed by atoms with Gasteiger partial charge in [0.05, 0.1) is 62.4 Å². The van der Waals surface area contributed by atoms with E-state index in [9.17, 15) is 5.26 Å². The smallest absolute Gasteiger partial charge is 0.134 e. The van der Waals surface area contributed by atoms with Crippen LogP contribution in [-0.2, 0) is 5.41 Å². The molecule has 0 saturated heterocycles. The molecule has 1 aliphatic heterocycles. The van der Waals surface area contributed by atoms with E-state index in [4.69, 9.17) is 14.7 Å². The van der Waals surface area contributed by atoms with Gasteiger partial charge in [0.2, 0.25) is 0 Å². The van der Waals surface area contributed by atoms with Crippen LogP contribution in [0.5, 0.6) is 11.5 Å². The molecule has 5 aromatic carbocycles. The lowest BCUT2D eigenvalue weighted by Crippen LogP contribution is -2.33. The zero-order chi connectivity index (χ0) is 35.5. The number of benzene rings is 5. The van der Waals surface area contributed by atoms with Crippen molar-refractivity contribution in [3.8, 4) is 40.3 Å². The number of nitrogens with zero attached hydrogens (tertiary/aromatic N) is 6. The van der Waals surface area contributed by atoms with Crippen molar-refractivity contribution in [2.75, 3.05) is 0 Å². The van der Waals surface area contributed by atoms with E-state index >= 15 is 0 Å². The summed E-state index contributed by atoms with van der Waals surface area (Å²) in [7, 11) is 0. The highest BCUT2D eigenvalue weighted by Crippen LogP contribution is 2.63. The van der Waals surface area contributed by atoms with Gasteiger partial charge in [0.1, 0.15) is 11.5 Å². The largest absolute Gasteiger partial charge is 0.457 e. The summed E-state index contributed by atoms with van der Waals surface area (Å²) in [6, 6.07) is 48.6. The Hall–Kier alpha value is -7.56. The molecule has 10 aromatic rings. The van der Waals surface area contributed by atoms with Gasteiger partial charge in [-0.3, -0.25) is 15.0 Å². The Kier molecular flexibility index (Phi) is 5.65.